The van der Waals surface area contributed by atoms with Gasteiger partial charge < -0.3 is 0 Å². The van der Waals surface area contributed by atoms with Crippen molar-refractivity contribution in [3.8, 4) is 11.4 Å². The molecule has 2 aromatic heterocycles. The van der Waals surface area contributed by atoms with Gasteiger partial charge in [0.05, 0.1) is 15.7 Å². The molecule has 25 heavy (non-hydrogen) atoms. The van der Waals surface area contributed by atoms with Gasteiger partial charge in [0.15, 0.2) is 11.5 Å². The fraction of sp³-hybridized carbons (Fsp3) is 0.421. The molecule has 0 saturated carbocycles. The average Bonchev–Trinajstić information content (AvgIpc) is 2.96. The summed E-state index contributed by atoms with van der Waals surface area (Å²) in [5.41, 5.74) is 3.96. The lowest BCUT2D eigenvalue weighted by Crippen LogP contribution is -2.04. The van der Waals surface area contributed by atoms with Crippen LogP contribution in [0.25, 0.3) is 17.0 Å². The van der Waals surface area contributed by atoms with Gasteiger partial charge >= 0.3 is 0 Å². The van der Waals surface area contributed by atoms with Crippen LogP contribution in [-0.4, -0.2) is 19.6 Å². The fourth-order valence-electron chi connectivity index (χ4n) is 3.33. The quantitative estimate of drug-likeness (QED) is 0.558. The van der Waals surface area contributed by atoms with E-state index in [-0.39, 0.29) is 0 Å². The molecule has 3 rings (SSSR count). The topological polar surface area (TPSA) is 43.1 Å². The molecule has 6 heteroatoms. The third kappa shape index (κ3) is 3.13. The number of hydrogen-bond acceptors (Lipinski definition) is 3. The lowest BCUT2D eigenvalue weighted by Gasteiger charge is -2.13. The highest BCUT2D eigenvalue weighted by atomic mass is 35.5. The van der Waals surface area contributed by atoms with Gasteiger partial charge in [-0.15, -0.1) is 0 Å². The minimum atomic E-state index is 0.435. The Morgan fingerprint density at radius 1 is 1.08 bits per heavy atom. The number of rotatable bonds is 5. The normalized spacial score (nSPS) is 11.6. The Labute approximate surface area is 158 Å². The second kappa shape index (κ2) is 7.30. The highest BCUT2D eigenvalue weighted by Crippen LogP contribution is 2.35. The standard InChI is InChI=1S/C19H22Cl2N4/c1-5-12(6-2)16-15(7-3)24-25-18(22-11(4)23-19(16)25)13-9-8-10-14(20)17(13)21/h8-10,12H,5-7H2,1-4H3. The Morgan fingerprint density at radius 2 is 1.80 bits per heavy atom. The van der Waals surface area contributed by atoms with Crippen molar-refractivity contribution in [1.29, 1.82) is 0 Å². The molecule has 0 aliphatic heterocycles. The summed E-state index contributed by atoms with van der Waals surface area (Å²) in [4.78, 5) is 9.33. The Hall–Kier alpha value is -1.65. The number of fused-ring (bicyclic) bond motifs is 1. The Morgan fingerprint density at radius 3 is 2.44 bits per heavy atom. The van der Waals surface area contributed by atoms with Gasteiger partial charge in [-0.3, -0.25) is 0 Å². The molecular weight excluding hydrogens is 355 g/mol. The number of aromatic nitrogens is 4. The summed E-state index contributed by atoms with van der Waals surface area (Å²) >= 11 is 12.7. The first-order valence-corrected chi connectivity index (χ1v) is 9.47. The van der Waals surface area contributed by atoms with Crippen LogP contribution in [0.2, 0.25) is 10.0 Å². The van der Waals surface area contributed by atoms with Gasteiger partial charge in [-0.1, -0.05) is 50.0 Å². The number of hydrogen-bond donors (Lipinski definition) is 0. The number of aryl methyl sites for hydroxylation is 2. The van der Waals surface area contributed by atoms with E-state index in [2.05, 4.69) is 25.8 Å². The minimum absolute atomic E-state index is 0.435. The molecular formula is C19H22Cl2N4. The van der Waals surface area contributed by atoms with Crippen LogP contribution in [0.4, 0.5) is 0 Å². The minimum Gasteiger partial charge on any atom is -0.214 e. The number of halogens is 2. The summed E-state index contributed by atoms with van der Waals surface area (Å²) in [6.07, 6.45) is 2.97. The van der Waals surface area contributed by atoms with Gasteiger partial charge in [0.25, 0.3) is 0 Å². The Bertz CT molecular complexity index is 913. The van der Waals surface area contributed by atoms with Crippen molar-refractivity contribution >= 4 is 28.8 Å². The lowest BCUT2D eigenvalue weighted by molar-refractivity contribution is 0.638. The first kappa shape index (κ1) is 18.2. The van der Waals surface area contributed by atoms with E-state index in [0.29, 0.717) is 27.6 Å². The molecule has 0 saturated heterocycles. The Kier molecular flexibility index (Phi) is 5.30. The zero-order valence-corrected chi connectivity index (χ0v) is 16.5. The van der Waals surface area contributed by atoms with Crippen LogP contribution in [0.3, 0.4) is 0 Å². The molecule has 0 bridgehead atoms. The molecule has 0 amide bonds. The summed E-state index contributed by atoms with van der Waals surface area (Å²) in [6.45, 7) is 8.44. The van der Waals surface area contributed by atoms with Gasteiger partial charge in [-0.25, -0.2) is 9.97 Å². The predicted molar refractivity (Wildman–Crippen MR) is 104 cm³/mol. The molecule has 0 atom stereocenters. The summed E-state index contributed by atoms with van der Waals surface area (Å²) in [7, 11) is 0. The first-order chi connectivity index (χ1) is 12.0. The molecule has 132 valence electrons. The van der Waals surface area contributed by atoms with E-state index in [9.17, 15) is 0 Å². The van der Waals surface area contributed by atoms with E-state index >= 15 is 0 Å². The van der Waals surface area contributed by atoms with E-state index in [4.69, 9.17) is 33.3 Å². The molecule has 1 aromatic carbocycles. The second-order valence-corrected chi connectivity index (χ2v) is 6.94. The molecule has 0 aliphatic carbocycles. The molecule has 0 unspecified atom stereocenters. The first-order valence-electron chi connectivity index (χ1n) is 8.72. The van der Waals surface area contributed by atoms with Crippen molar-refractivity contribution in [2.75, 3.05) is 0 Å². The molecule has 0 N–H and O–H groups in total. The average molecular weight is 377 g/mol. The van der Waals surface area contributed by atoms with Gasteiger partial charge in [0.1, 0.15) is 5.82 Å². The summed E-state index contributed by atoms with van der Waals surface area (Å²) < 4.78 is 1.83. The SMILES string of the molecule is CCc1nn2c(-c3cccc(Cl)c3Cl)nc(C)nc2c1C(CC)CC. The van der Waals surface area contributed by atoms with Crippen molar-refractivity contribution in [1.82, 2.24) is 19.6 Å². The number of nitrogens with zero attached hydrogens (tertiary/aromatic N) is 4. The van der Waals surface area contributed by atoms with Crippen LogP contribution in [0.1, 0.15) is 56.6 Å². The van der Waals surface area contributed by atoms with Gasteiger partial charge in [-0.2, -0.15) is 9.61 Å². The van der Waals surface area contributed by atoms with Crippen molar-refractivity contribution < 1.29 is 0 Å². The fourth-order valence-corrected chi connectivity index (χ4v) is 3.71. The molecule has 0 spiro atoms. The maximum Gasteiger partial charge on any atom is 0.166 e. The molecule has 0 radical (unpaired) electrons. The summed E-state index contributed by atoms with van der Waals surface area (Å²) in [6, 6.07) is 5.56. The van der Waals surface area contributed by atoms with E-state index in [1.165, 1.54) is 5.56 Å². The van der Waals surface area contributed by atoms with Crippen molar-refractivity contribution in [2.24, 2.45) is 0 Å². The number of benzene rings is 1. The van der Waals surface area contributed by atoms with E-state index in [1.54, 1.807) is 6.07 Å². The summed E-state index contributed by atoms with van der Waals surface area (Å²) in [5.74, 6) is 1.82. The van der Waals surface area contributed by atoms with Crippen LogP contribution in [0.5, 0.6) is 0 Å². The predicted octanol–water partition coefficient (Wildman–Crippen LogP) is 5.87. The third-order valence-corrected chi connectivity index (χ3v) is 5.45. The highest BCUT2D eigenvalue weighted by Gasteiger charge is 2.23. The molecule has 0 aliphatic rings. The van der Waals surface area contributed by atoms with Crippen molar-refractivity contribution in [2.45, 2.75) is 52.9 Å². The van der Waals surface area contributed by atoms with E-state index < -0.39 is 0 Å². The highest BCUT2D eigenvalue weighted by molar-refractivity contribution is 6.43. The van der Waals surface area contributed by atoms with Crippen LogP contribution in [0.15, 0.2) is 18.2 Å². The monoisotopic (exact) mass is 376 g/mol. The molecule has 4 nitrogen and oxygen atoms in total. The molecule has 2 heterocycles. The second-order valence-electron chi connectivity index (χ2n) is 6.16. The van der Waals surface area contributed by atoms with Crippen LogP contribution in [0, 0.1) is 6.92 Å². The maximum atomic E-state index is 6.44. The summed E-state index contributed by atoms with van der Waals surface area (Å²) in [5, 5.41) is 5.82. The van der Waals surface area contributed by atoms with Crippen molar-refractivity contribution in [3.05, 3.63) is 45.3 Å². The van der Waals surface area contributed by atoms with Crippen LogP contribution in [-0.2, 0) is 6.42 Å². The largest absolute Gasteiger partial charge is 0.214 e. The third-order valence-electron chi connectivity index (χ3n) is 4.63. The van der Waals surface area contributed by atoms with E-state index in [0.717, 1.165) is 36.2 Å². The maximum absolute atomic E-state index is 6.44. The van der Waals surface area contributed by atoms with Crippen LogP contribution < -0.4 is 0 Å². The molecule has 3 aromatic rings. The lowest BCUT2D eigenvalue weighted by atomic mass is 9.93. The van der Waals surface area contributed by atoms with Crippen LogP contribution >= 0.6 is 23.2 Å². The van der Waals surface area contributed by atoms with Crippen molar-refractivity contribution in [3.63, 3.8) is 0 Å². The Balaban J connectivity index is 2.37. The molecule has 0 fully saturated rings. The van der Waals surface area contributed by atoms with E-state index in [1.807, 2.05) is 23.6 Å². The van der Waals surface area contributed by atoms with Gasteiger partial charge in [0, 0.05) is 11.1 Å². The zero-order valence-electron chi connectivity index (χ0n) is 15.0. The van der Waals surface area contributed by atoms with Gasteiger partial charge in [-0.05, 0) is 44.2 Å². The van der Waals surface area contributed by atoms with Gasteiger partial charge in [0.2, 0.25) is 0 Å². The zero-order chi connectivity index (χ0) is 18.1. The smallest absolute Gasteiger partial charge is 0.166 e.